The lowest BCUT2D eigenvalue weighted by atomic mass is 10.1. The minimum absolute atomic E-state index is 0.269. The molecule has 0 spiro atoms. The normalized spacial score (nSPS) is 10.6. The van der Waals surface area contributed by atoms with Gasteiger partial charge in [0.2, 0.25) is 0 Å². The van der Waals surface area contributed by atoms with Gasteiger partial charge in [0.25, 0.3) is 0 Å². The second kappa shape index (κ2) is 9.69. The molecule has 0 aliphatic rings. The number of hydrogen-bond acceptors (Lipinski definition) is 3. The molecule has 0 saturated heterocycles. The molecular weight excluding hydrogens is 354 g/mol. The predicted octanol–water partition coefficient (Wildman–Crippen LogP) is 5.07. The van der Waals surface area contributed by atoms with Crippen LogP contribution in [-0.2, 0) is 6.54 Å². The molecule has 6 nitrogen and oxygen atoms in total. The van der Waals surface area contributed by atoms with Gasteiger partial charge in [0.1, 0.15) is 0 Å². The first kappa shape index (κ1) is 19.6. The van der Waals surface area contributed by atoms with Crippen LogP contribution in [0.3, 0.4) is 0 Å². The maximum atomic E-state index is 12.3. The highest BCUT2D eigenvalue weighted by molar-refractivity contribution is 5.90. The fourth-order valence-corrected chi connectivity index (χ4v) is 3.06. The number of aromatic amines is 1. The summed E-state index contributed by atoms with van der Waals surface area (Å²) in [6.07, 6.45) is 5.14. The zero-order valence-electron chi connectivity index (χ0n) is 16.4. The molecule has 1 heterocycles. The highest BCUT2D eigenvalue weighted by Crippen LogP contribution is 2.30. The highest BCUT2D eigenvalue weighted by atomic mass is 16.5. The van der Waals surface area contributed by atoms with Crippen molar-refractivity contribution in [1.82, 2.24) is 10.3 Å². The van der Waals surface area contributed by atoms with Gasteiger partial charge < -0.3 is 25.1 Å². The number of benzene rings is 2. The Hall–Kier alpha value is -3.15. The molecule has 0 fully saturated rings. The minimum atomic E-state index is -0.269. The molecule has 3 rings (SSSR count). The molecule has 6 heteroatoms. The van der Waals surface area contributed by atoms with Crippen molar-refractivity contribution in [3.05, 3.63) is 54.2 Å². The van der Waals surface area contributed by atoms with Crippen LogP contribution in [0.25, 0.3) is 10.9 Å². The number of aromatic nitrogens is 1. The summed E-state index contributed by atoms with van der Waals surface area (Å²) in [6.45, 7) is 3.22. The topological polar surface area (TPSA) is 75.4 Å². The number of carbonyl (C=O) groups excluding carboxylic acids is 1. The molecule has 3 N–H and O–H groups in total. The number of H-pyrrole nitrogens is 1. The molecule has 0 aliphatic heterocycles. The van der Waals surface area contributed by atoms with Crippen LogP contribution in [0.5, 0.6) is 11.5 Å². The highest BCUT2D eigenvalue weighted by Gasteiger charge is 2.09. The van der Waals surface area contributed by atoms with Crippen molar-refractivity contribution >= 4 is 22.6 Å². The van der Waals surface area contributed by atoms with Gasteiger partial charge in [0.15, 0.2) is 11.5 Å². The molecule has 0 unspecified atom stereocenters. The number of anilines is 1. The van der Waals surface area contributed by atoms with Crippen LogP contribution in [-0.4, -0.2) is 24.7 Å². The molecular formula is C22H27N3O3. The second-order valence-corrected chi connectivity index (χ2v) is 6.58. The van der Waals surface area contributed by atoms with E-state index in [4.69, 9.17) is 9.47 Å². The third kappa shape index (κ3) is 4.97. The maximum absolute atomic E-state index is 12.3. The molecule has 2 aromatic carbocycles. The van der Waals surface area contributed by atoms with E-state index < -0.39 is 0 Å². The zero-order chi connectivity index (χ0) is 19.8. The largest absolute Gasteiger partial charge is 0.493 e. The fraction of sp³-hybridized carbons (Fsp3) is 0.318. The van der Waals surface area contributed by atoms with Crippen LogP contribution in [0.2, 0.25) is 0 Å². The van der Waals surface area contributed by atoms with E-state index in [1.165, 1.54) is 0 Å². The Bertz CT molecular complexity index is 920. The van der Waals surface area contributed by atoms with Gasteiger partial charge >= 0.3 is 6.03 Å². The summed E-state index contributed by atoms with van der Waals surface area (Å²) >= 11 is 0. The Morgan fingerprint density at radius 1 is 1.11 bits per heavy atom. The SMILES string of the molecule is CCCCCOc1cc(NC(=O)NCc2cccc3[nH]ccc23)ccc1OC. The van der Waals surface area contributed by atoms with Crippen molar-refractivity contribution < 1.29 is 14.3 Å². The van der Waals surface area contributed by atoms with Crippen LogP contribution >= 0.6 is 0 Å². The molecule has 0 bridgehead atoms. The number of unbranched alkanes of at least 4 members (excludes halogenated alkanes) is 2. The zero-order valence-corrected chi connectivity index (χ0v) is 16.4. The standard InChI is InChI=1S/C22H27N3O3/c1-3-4-5-13-28-21-14-17(9-10-20(21)27-2)25-22(26)24-15-16-7-6-8-19-18(16)11-12-23-19/h6-12,14,23H,3-5,13,15H2,1-2H3,(H2,24,25,26). The lowest BCUT2D eigenvalue weighted by Gasteiger charge is -2.13. The molecule has 28 heavy (non-hydrogen) atoms. The number of hydrogen-bond donors (Lipinski definition) is 3. The van der Waals surface area contributed by atoms with Crippen molar-refractivity contribution in [2.24, 2.45) is 0 Å². The van der Waals surface area contributed by atoms with E-state index in [2.05, 4.69) is 22.5 Å². The summed E-state index contributed by atoms with van der Waals surface area (Å²) in [5, 5.41) is 6.86. The summed E-state index contributed by atoms with van der Waals surface area (Å²) in [5.41, 5.74) is 2.77. The monoisotopic (exact) mass is 381 g/mol. The Kier molecular flexibility index (Phi) is 6.78. The van der Waals surface area contributed by atoms with Gasteiger partial charge in [-0.05, 0) is 36.2 Å². The van der Waals surface area contributed by atoms with Gasteiger partial charge in [-0.25, -0.2) is 4.79 Å². The average molecular weight is 381 g/mol. The summed E-state index contributed by atoms with van der Waals surface area (Å²) in [4.78, 5) is 15.5. The lowest BCUT2D eigenvalue weighted by Crippen LogP contribution is -2.28. The third-order valence-electron chi connectivity index (χ3n) is 4.55. The van der Waals surface area contributed by atoms with Gasteiger partial charge in [0, 0.05) is 35.4 Å². The van der Waals surface area contributed by atoms with Crippen molar-refractivity contribution in [1.29, 1.82) is 0 Å². The third-order valence-corrected chi connectivity index (χ3v) is 4.55. The van der Waals surface area contributed by atoms with Gasteiger partial charge in [0.05, 0.1) is 13.7 Å². The van der Waals surface area contributed by atoms with E-state index >= 15 is 0 Å². The number of urea groups is 1. The Balaban J connectivity index is 1.59. The van der Waals surface area contributed by atoms with Crippen LogP contribution < -0.4 is 20.1 Å². The van der Waals surface area contributed by atoms with E-state index in [0.29, 0.717) is 30.3 Å². The average Bonchev–Trinajstić information content (AvgIpc) is 3.19. The predicted molar refractivity (Wildman–Crippen MR) is 112 cm³/mol. The van der Waals surface area contributed by atoms with Crippen molar-refractivity contribution in [2.45, 2.75) is 32.7 Å². The van der Waals surface area contributed by atoms with Gasteiger partial charge in [-0.15, -0.1) is 0 Å². The van der Waals surface area contributed by atoms with Gasteiger partial charge in [-0.2, -0.15) is 0 Å². The first-order chi connectivity index (χ1) is 13.7. The summed E-state index contributed by atoms with van der Waals surface area (Å²) in [5.74, 6) is 1.29. The first-order valence-corrected chi connectivity index (χ1v) is 9.62. The molecule has 2 amide bonds. The summed E-state index contributed by atoms with van der Waals surface area (Å²) in [6, 6.07) is 13.1. The Morgan fingerprint density at radius 3 is 2.82 bits per heavy atom. The van der Waals surface area contributed by atoms with Crippen molar-refractivity contribution in [3.8, 4) is 11.5 Å². The Labute approximate surface area is 165 Å². The van der Waals surface area contributed by atoms with Crippen LogP contribution in [0, 0.1) is 0 Å². The van der Waals surface area contributed by atoms with E-state index in [1.54, 1.807) is 25.3 Å². The van der Waals surface area contributed by atoms with Crippen LogP contribution in [0.1, 0.15) is 31.7 Å². The second-order valence-electron chi connectivity index (χ2n) is 6.58. The van der Waals surface area contributed by atoms with E-state index in [9.17, 15) is 4.79 Å². The van der Waals surface area contributed by atoms with Crippen molar-refractivity contribution in [2.75, 3.05) is 19.0 Å². The van der Waals surface area contributed by atoms with Gasteiger partial charge in [-0.1, -0.05) is 31.9 Å². The fourth-order valence-electron chi connectivity index (χ4n) is 3.06. The number of amides is 2. The molecule has 0 saturated carbocycles. The number of fused-ring (bicyclic) bond motifs is 1. The Morgan fingerprint density at radius 2 is 2.00 bits per heavy atom. The van der Waals surface area contributed by atoms with Gasteiger partial charge in [-0.3, -0.25) is 0 Å². The van der Waals surface area contributed by atoms with E-state index in [0.717, 1.165) is 35.7 Å². The summed E-state index contributed by atoms with van der Waals surface area (Å²) in [7, 11) is 1.61. The van der Waals surface area contributed by atoms with E-state index in [1.807, 2.05) is 30.5 Å². The quantitative estimate of drug-likeness (QED) is 0.453. The molecule has 0 atom stereocenters. The number of carbonyl (C=O) groups is 1. The lowest BCUT2D eigenvalue weighted by molar-refractivity contribution is 0.251. The smallest absolute Gasteiger partial charge is 0.319 e. The van der Waals surface area contributed by atoms with E-state index in [-0.39, 0.29) is 6.03 Å². The van der Waals surface area contributed by atoms with Crippen LogP contribution in [0.15, 0.2) is 48.7 Å². The summed E-state index contributed by atoms with van der Waals surface area (Å²) < 4.78 is 11.2. The molecule has 148 valence electrons. The molecule has 1 aromatic heterocycles. The molecule has 0 aliphatic carbocycles. The number of methoxy groups -OCH3 is 1. The number of nitrogens with one attached hydrogen (secondary N) is 3. The first-order valence-electron chi connectivity index (χ1n) is 9.62. The number of rotatable bonds is 9. The maximum Gasteiger partial charge on any atom is 0.319 e. The molecule has 3 aromatic rings. The number of ether oxygens (including phenoxy) is 2. The van der Waals surface area contributed by atoms with Crippen LogP contribution in [0.4, 0.5) is 10.5 Å². The molecule has 0 radical (unpaired) electrons. The van der Waals surface area contributed by atoms with Crippen molar-refractivity contribution in [3.63, 3.8) is 0 Å². The minimum Gasteiger partial charge on any atom is -0.493 e.